The van der Waals surface area contributed by atoms with Crippen molar-refractivity contribution in [2.24, 2.45) is 5.92 Å². The van der Waals surface area contributed by atoms with E-state index in [9.17, 15) is 0 Å². The van der Waals surface area contributed by atoms with Gasteiger partial charge in [0.05, 0.1) is 12.8 Å². The van der Waals surface area contributed by atoms with Crippen LogP contribution in [0.25, 0.3) is 0 Å². The van der Waals surface area contributed by atoms with Gasteiger partial charge in [0, 0.05) is 12.1 Å². The summed E-state index contributed by atoms with van der Waals surface area (Å²) in [5.74, 6) is 1.80. The van der Waals surface area contributed by atoms with Crippen molar-refractivity contribution in [1.82, 2.24) is 10.2 Å². The van der Waals surface area contributed by atoms with Crippen molar-refractivity contribution >= 4 is 0 Å². The largest absolute Gasteiger partial charge is 0.468 e. The van der Waals surface area contributed by atoms with Gasteiger partial charge in [-0.3, -0.25) is 4.90 Å². The molecule has 104 valence electrons. The smallest absolute Gasteiger partial charge is 0.122 e. The maximum absolute atomic E-state index is 5.62. The van der Waals surface area contributed by atoms with Crippen molar-refractivity contribution in [3.05, 3.63) is 23.7 Å². The monoisotopic (exact) mass is 252 g/mol. The summed E-state index contributed by atoms with van der Waals surface area (Å²) in [7, 11) is 0. The van der Waals surface area contributed by atoms with E-state index in [4.69, 9.17) is 4.42 Å². The standard InChI is InChI=1S/C15H28N2O/c1-5-8-17(6-2)12-15-14(7-9-18-15)11-16-10-13(3)4/h7,9,13,16H,5-6,8,10-12H2,1-4H3. The molecule has 1 aromatic heterocycles. The minimum Gasteiger partial charge on any atom is -0.468 e. The third-order valence-corrected chi connectivity index (χ3v) is 3.06. The zero-order valence-electron chi connectivity index (χ0n) is 12.3. The first-order chi connectivity index (χ1) is 8.67. The Kier molecular flexibility index (Phi) is 7.06. The maximum Gasteiger partial charge on any atom is 0.122 e. The highest BCUT2D eigenvalue weighted by molar-refractivity contribution is 5.16. The van der Waals surface area contributed by atoms with Gasteiger partial charge < -0.3 is 9.73 Å². The summed E-state index contributed by atoms with van der Waals surface area (Å²) in [5.41, 5.74) is 1.30. The lowest BCUT2D eigenvalue weighted by molar-refractivity contribution is 0.255. The van der Waals surface area contributed by atoms with Gasteiger partial charge in [-0.15, -0.1) is 0 Å². The molecule has 3 heteroatoms. The van der Waals surface area contributed by atoms with Crippen molar-refractivity contribution in [2.45, 2.75) is 47.2 Å². The van der Waals surface area contributed by atoms with Crippen molar-refractivity contribution < 1.29 is 4.42 Å². The first-order valence-electron chi connectivity index (χ1n) is 7.15. The third-order valence-electron chi connectivity index (χ3n) is 3.06. The van der Waals surface area contributed by atoms with Crippen LogP contribution in [0, 0.1) is 5.92 Å². The normalized spacial score (nSPS) is 11.7. The molecule has 0 spiro atoms. The van der Waals surface area contributed by atoms with E-state index in [0.717, 1.165) is 38.5 Å². The molecule has 0 saturated carbocycles. The van der Waals surface area contributed by atoms with Crippen LogP contribution in [0.4, 0.5) is 0 Å². The molecular weight excluding hydrogens is 224 g/mol. The van der Waals surface area contributed by atoms with Gasteiger partial charge in [0.25, 0.3) is 0 Å². The van der Waals surface area contributed by atoms with Crippen LogP contribution in [0.2, 0.25) is 0 Å². The summed E-state index contributed by atoms with van der Waals surface area (Å²) in [4.78, 5) is 2.42. The van der Waals surface area contributed by atoms with E-state index in [0.29, 0.717) is 5.92 Å². The van der Waals surface area contributed by atoms with E-state index >= 15 is 0 Å². The fourth-order valence-electron chi connectivity index (χ4n) is 2.03. The topological polar surface area (TPSA) is 28.4 Å². The Balaban J connectivity index is 2.48. The highest BCUT2D eigenvalue weighted by atomic mass is 16.3. The second-order valence-electron chi connectivity index (χ2n) is 5.26. The molecule has 0 aliphatic rings. The van der Waals surface area contributed by atoms with Gasteiger partial charge in [0.2, 0.25) is 0 Å². The van der Waals surface area contributed by atoms with Gasteiger partial charge in [0.1, 0.15) is 5.76 Å². The van der Waals surface area contributed by atoms with E-state index in [2.05, 4.69) is 44.0 Å². The second-order valence-corrected chi connectivity index (χ2v) is 5.26. The molecular formula is C15H28N2O. The summed E-state index contributed by atoms with van der Waals surface area (Å²) in [6.45, 7) is 14.0. The zero-order chi connectivity index (χ0) is 13.4. The van der Waals surface area contributed by atoms with Gasteiger partial charge in [-0.05, 0) is 38.0 Å². The van der Waals surface area contributed by atoms with E-state index in [1.807, 2.05) is 6.26 Å². The van der Waals surface area contributed by atoms with Crippen LogP contribution in [-0.2, 0) is 13.1 Å². The van der Waals surface area contributed by atoms with Crippen molar-refractivity contribution in [1.29, 1.82) is 0 Å². The van der Waals surface area contributed by atoms with Crippen LogP contribution in [-0.4, -0.2) is 24.5 Å². The van der Waals surface area contributed by atoms with Crippen molar-refractivity contribution in [2.75, 3.05) is 19.6 Å². The molecule has 0 aliphatic heterocycles. The molecule has 0 unspecified atom stereocenters. The van der Waals surface area contributed by atoms with E-state index in [1.54, 1.807) is 0 Å². The SMILES string of the molecule is CCCN(CC)Cc1occc1CNCC(C)C. The number of hydrogen-bond acceptors (Lipinski definition) is 3. The zero-order valence-corrected chi connectivity index (χ0v) is 12.3. The highest BCUT2D eigenvalue weighted by Gasteiger charge is 2.10. The minimum absolute atomic E-state index is 0.688. The lowest BCUT2D eigenvalue weighted by Gasteiger charge is -2.18. The number of nitrogens with zero attached hydrogens (tertiary/aromatic N) is 1. The predicted molar refractivity (Wildman–Crippen MR) is 76.5 cm³/mol. The minimum atomic E-state index is 0.688. The highest BCUT2D eigenvalue weighted by Crippen LogP contribution is 2.13. The molecule has 1 rings (SSSR count). The van der Waals surface area contributed by atoms with Crippen LogP contribution < -0.4 is 5.32 Å². The molecule has 0 saturated heterocycles. The fraction of sp³-hybridized carbons (Fsp3) is 0.733. The maximum atomic E-state index is 5.62. The second kappa shape index (κ2) is 8.33. The first kappa shape index (κ1) is 15.3. The average molecular weight is 252 g/mol. The molecule has 0 aromatic carbocycles. The van der Waals surface area contributed by atoms with E-state index < -0.39 is 0 Å². The van der Waals surface area contributed by atoms with Crippen LogP contribution in [0.3, 0.4) is 0 Å². The van der Waals surface area contributed by atoms with Gasteiger partial charge >= 0.3 is 0 Å². The quantitative estimate of drug-likeness (QED) is 0.731. The molecule has 1 aromatic rings. The molecule has 1 heterocycles. The van der Waals surface area contributed by atoms with Crippen LogP contribution in [0.1, 0.15) is 45.4 Å². The molecule has 0 radical (unpaired) electrons. The van der Waals surface area contributed by atoms with Gasteiger partial charge in [-0.2, -0.15) is 0 Å². The van der Waals surface area contributed by atoms with Crippen LogP contribution in [0.5, 0.6) is 0 Å². The fourth-order valence-corrected chi connectivity index (χ4v) is 2.03. The number of furan rings is 1. The molecule has 0 atom stereocenters. The van der Waals surface area contributed by atoms with Gasteiger partial charge in [0.15, 0.2) is 0 Å². The summed E-state index contributed by atoms with van der Waals surface area (Å²) >= 11 is 0. The Labute approximate surface area is 112 Å². The molecule has 0 bridgehead atoms. The Bertz CT molecular complexity index is 320. The van der Waals surface area contributed by atoms with Crippen molar-refractivity contribution in [3.8, 4) is 0 Å². The third kappa shape index (κ3) is 5.23. The summed E-state index contributed by atoms with van der Waals surface area (Å²) in [6, 6.07) is 2.09. The molecule has 18 heavy (non-hydrogen) atoms. The van der Waals surface area contributed by atoms with Gasteiger partial charge in [-0.1, -0.05) is 27.7 Å². The van der Waals surface area contributed by atoms with Crippen molar-refractivity contribution in [3.63, 3.8) is 0 Å². The molecule has 3 nitrogen and oxygen atoms in total. The van der Waals surface area contributed by atoms with Crippen LogP contribution in [0.15, 0.2) is 16.7 Å². The first-order valence-corrected chi connectivity index (χ1v) is 7.15. The lowest BCUT2D eigenvalue weighted by Crippen LogP contribution is -2.25. The number of rotatable bonds is 9. The summed E-state index contributed by atoms with van der Waals surface area (Å²) in [6.07, 6.45) is 3.00. The predicted octanol–water partition coefficient (Wildman–Crippen LogP) is 3.26. The van der Waals surface area contributed by atoms with Gasteiger partial charge in [-0.25, -0.2) is 0 Å². The Morgan fingerprint density at radius 1 is 1.33 bits per heavy atom. The Morgan fingerprint density at radius 2 is 2.11 bits per heavy atom. The number of hydrogen-bond donors (Lipinski definition) is 1. The van der Waals surface area contributed by atoms with Crippen LogP contribution >= 0.6 is 0 Å². The molecule has 1 N–H and O–H groups in total. The van der Waals surface area contributed by atoms with E-state index in [-0.39, 0.29) is 0 Å². The molecule has 0 amide bonds. The average Bonchev–Trinajstić information content (AvgIpc) is 2.75. The Morgan fingerprint density at radius 3 is 2.72 bits per heavy atom. The summed E-state index contributed by atoms with van der Waals surface area (Å²) < 4.78 is 5.62. The summed E-state index contributed by atoms with van der Waals surface area (Å²) in [5, 5.41) is 3.47. The Hall–Kier alpha value is -0.800. The lowest BCUT2D eigenvalue weighted by atomic mass is 10.2. The number of nitrogens with one attached hydrogen (secondary N) is 1. The molecule has 0 aliphatic carbocycles. The molecule has 0 fully saturated rings. The van der Waals surface area contributed by atoms with E-state index in [1.165, 1.54) is 12.0 Å².